The zero-order valence-corrected chi connectivity index (χ0v) is 25.4. The van der Waals surface area contributed by atoms with Crippen LogP contribution in [0.4, 0.5) is 4.79 Å². The summed E-state index contributed by atoms with van der Waals surface area (Å²) in [7, 11) is -4.06. The number of aromatic nitrogens is 3. The van der Waals surface area contributed by atoms with Gasteiger partial charge in [0.05, 0.1) is 11.4 Å². The molecular formula is C29H43N5O7S. The second kappa shape index (κ2) is 12.4. The van der Waals surface area contributed by atoms with E-state index >= 15 is 0 Å². The summed E-state index contributed by atoms with van der Waals surface area (Å²) >= 11 is 0. The van der Waals surface area contributed by atoms with Crippen molar-refractivity contribution in [1.29, 1.82) is 0 Å². The topological polar surface area (TPSA) is 145 Å². The minimum Gasteiger partial charge on any atom is -0.441 e. The number of benzene rings is 1. The highest BCUT2D eigenvalue weighted by Crippen LogP contribution is 2.40. The lowest BCUT2D eigenvalue weighted by molar-refractivity contribution is -0.122. The van der Waals surface area contributed by atoms with E-state index in [0.29, 0.717) is 18.9 Å². The fraction of sp³-hybridized carbons (Fsp3) is 0.690. The molecule has 1 saturated heterocycles. The van der Waals surface area contributed by atoms with Gasteiger partial charge in [0.1, 0.15) is 11.6 Å². The molecule has 232 valence electrons. The van der Waals surface area contributed by atoms with Gasteiger partial charge in [-0.3, -0.25) is 0 Å². The quantitative estimate of drug-likeness (QED) is 0.396. The molecule has 2 fully saturated rings. The van der Waals surface area contributed by atoms with Crippen LogP contribution in [-0.2, 0) is 27.8 Å². The maximum Gasteiger partial charge on any atom is 0.407 e. The monoisotopic (exact) mass is 605 g/mol. The summed E-state index contributed by atoms with van der Waals surface area (Å²) in [6.07, 6.45) is 6.96. The third-order valence-corrected chi connectivity index (χ3v) is 10.9. The lowest BCUT2D eigenvalue weighted by atomic mass is 9.89. The molecule has 13 heteroatoms. The zero-order valence-electron chi connectivity index (χ0n) is 24.5. The van der Waals surface area contributed by atoms with Crippen molar-refractivity contribution < 1.29 is 23.1 Å². The molecule has 2 aliphatic heterocycles. The number of β-amino-alcohol motifs (C(OH)–C–C–N with tert-alkyl or cyclic N) is 1. The van der Waals surface area contributed by atoms with Crippen molar-refractivity contribution in [1.82, 2.24) is 23.6 Å². The molecule has 3 atom stereocenters. The highest BCUT2D eigenvalue weighted by molar-refractivity contribution is 7.89. The van der Waals surface area contributed by atoms with Gasteiger partial charge in [-0.25, -0.2) is 36.7 Å². The predicted octanol–water partition coefficient (Wildman–Crippen LogP) is 2.37. The first-order chi connectivity index (χ1) is 20.1. The van der Waals surface area contributed by atoms with Crippen LogP contribution in [-0.4, -0.2) is 69.2 Å². The Bertz CT molecular complexity index is 1490. The molecular weight excluding hydrogens is 562 g/mol. The summed E-state index contributed by atoms with van der Waals surface area (Å²) in [6, 6.07) is 5.25. The van der Waals surface area contributed by atoms with E-state index in [-0.39, 0.29) is 24.5 Å². The van der Waals surface area contributed by atoms with Crippen LogP contribution in [0, 0.1) is 12.8 Å². The lowest BCUT2D eigenvalue weighted by Crippen LogP contribution is -2.61. The summed E-state index contributed by atoms with van der Waals surface area (Å²) < 4.78 is 37.7. The number of hydrogen-bond acceptors (Lipinski definition) is 7. The highest BCUT2D eigenvalue weighted by atomic mass is 32.2. The highest BCUT2D eigenvalue weighted by Gasteiger charge is 2.60. The van der Waals surface area contributed by atoms with E-state index in [2.05, 4.69) is 12.2 Å². The van der Waals surface area contributed by atoms with Crippen LogP contribution >= 0.6 is 0 Å². The average Bonchev–Trinajstić information content (AvgIpc) is 3.45. The molecule has 0 radical (unpaired) electrons. The Morgan fingerprint density at radius 3 is 2.45 bits per heavy atom. The van der Waals surface area contributed by atoms with Gasteiger partial charge in [0.2, 0.25) is 10.0 Å². The summed E-state index contributed by atoms with van der Waals surface area (Å²) in [6.45, 7) is 3.67. The molecule has 3 heterocycles. The first-order valence-corrected chi connectivity index (χ1v) is 16.7. The second-order valence-corrected chi connectivity index (χ2v) is 14.0. The van der Waals surface area contributed by atoms with E-state index in [1.807, 2.05) is 6.92 Å². The number of fused-ring (bicyclic) bond motifs is 3. The normalized spacial score (nSPS) is 24.7. The number of nitrogens with one attached hydrogen (secondary N) is 1. The van der Waals surface area contributed by atoms with Crippen LogP contribution in [0.2, 0.25) is 0 Å². The van der Waals surface area contributed by atoms with Crippen molar-refractivity contribution >= 4 is 16.1 Å². The number of unbranched alkanes of at least 4 members (excludes halogenated alkanes) is 3. The van der Waals surface area contributed by atoms with Gasteiger partial charge in [0, 0.05) is 26.2 Å². The largest absolute Gasteiger partial charge is 0.441 e. The van der Waals surface area contributed by atoms with E-state index in [1.165, 1.54) is 27.9 Å². The summed E-state index contributed by atoms with van der Waals surface area (Å²) in [5.41, 5.74) is -2.19. The number of rotatable bonds is 10. The summed E-state index contributed by atoms with van der Waals surface area (Å²) in [5.74, 6) is 0.352. The Kier molecular flexibility index (Phi) is 9.00. The summed E-state index contributed by atoms with van der Waals surface area (Å²) in [4.78, 5) is 40.0. The minimum atomic E-state index is -4.06. The fourth-order valence-corrected chi connectivity index (χ4v) is 8.08. The van der Waals surface area contributed by atoms with Gasteiger partial charge >= 0.3 is 17.5 Å². The van der Waals surface area contributed by atoms with Gasteiger partial charge in [-0.1, -0.05) is 63.1 Å². The van der Waals surface area contributed by atoms with Crippen molar-refractivity contribution in [3.05, 3.63) is 50.8 Å². The van der Waals surface area contributed by atoms with Crippen molar-refractivity contribution in [2.75, 3.05) is 19.6 Å². The Morgan fingerprint density at radius 1 is 1.05 bits per heavy atom. The first-order valence-electron chi connectivity index (χ1n) is 15.2. The smallest absolute Gasteiger partial charge is 0.407 e. The van der Waals surface area contributed by atoms with Crippen LogP contribution in [0.5, 0.6) is 0 Å². The number of aliphatic hydroxyl groups is 1. The molecule has 0 bridgehead atoms. The van der Waals surface area contributed by atoms with Crippen molar-refractivity contribution in [2.45, 2.75) is 107 Å². The average molecular weight is 606 g/mol. The maximum absolute atomic E-state index is 13.6. The van der Waals surface area contributed by atoms with Gasteiger partial charge in [-0.15, -0.1) is 0 Å². The second-order valence-electron chi connectivity index (χ2n) is 12.1. The number of aryl methyl sites for hydroxylation is 1. The molecule has 1 aromatic heterocycles. The van der Waals surface area contributed by atoms with E-state index in [0.717, 1.165) is 59.4 Å². The van der Waals surface area contributed by atoms with Crippen molar-refractivity contribution in [3.8, 4) is 0 Å². The Hall–Kier alpha value is -2.90. The van der Waals surface area contributed by atoms with Crippen LogP contribution in [0.15, 0.2) is 38.8 Å². The molecule has 1 saturated carbocycles. The third kappa shape index (κ3) is 5.83. The van der Waals surface area contributed by atoms with Crippen LogP contribution in [0.3, 0.4) is 0 Å². The van der Waals surface area contributed by atoms with E-state index in [9.17, 15) is 27.9 Å². The van der Waals surface area contributed by atoms with E-state index in [1.54, 1.807) is 12.1 Å². The number of ether oxygens (including phenoxy) is 1. The van der Waals surface area contributed by atoms with E-state index in [4.69, 9.17) is 4.74 Å². The molecule has 1 aliphatic carbocycles. The number of nitrogens with zero attached hydrogens (tertiary/aromatic N) is 4. The van der Waals surface area contributed by atoms with Crippen molar-refractivity contribution in [2.24, 2.45) is 5.92 Å². The molecule has 1 amide bonds. The first kappa shape index (κ1) is 30.6. The summed E-state index contributed by atoms with van der Waals surface area (Å²) in [5, 5.41) is 14.9. The molecule has 12 nitrogen and oxygen atoms in total. The lowest BCUT2D eigenvalue weighted by Gasteiger charge is -2.40. The zero-order chi connectivity index (χ0) is 30.1. The fourth-order valence-electron chi connectivity index (χ4n) is 6.59. The van der Waals surface area contributed by atoms with Gasteiger partial charge in [0.25, 0.3) is 0 Å². The number of carbonyl (C=O) groups is 1. The van der Waals surface area contributed by atoms with Gasteiger partial charge in [-0.2, -0.15) is 4.31 Å². The minimum absolute atomic E-state index is 0.0521. The number of carbonyl (C=O) groups excluding carboxylic acids is 1. The molecule has 42 heavy (non-hydrogen) atoms. The Labute approximate surface area is 246 Å². The van der Waals surface area contributed by atoms with E-state index < -0.39 is 51.8 Å². The van der Waals surface area contributed by atoms with Gasteiger partial charge in [0.15, 0.2) is 6.10 Å². The molecule has 2 aromatic rings. The molecule has 2 N–H and O–H groups in total. The van der Waals surface area contributed by atoms with Crippen LogP contribution in [0.25, 0.3) is 0 Å². The Balaban J connectivity index is 1.45. The Morgan fingerprint density at radius 2 is 1.76 bits per heavy atom. The molecule has 0 unspecified atom stereocenters. The standard InChI is InChI=1S/C29H43N5O7S/c1-3-4-5-9-16-32-27(36)33-19-25(41-26(35)30-17-22-10-7-6-8-11-22)29(38)20-31(18-24(29)34(33)28(32)37)42(39,40)23-14-12-21(2)13-15-23/h12-15,22,24-25,38H,3-11,16-20H2,1-2H3,(H,30,35)/t24-,25+,29-/m1/s1. The maximum atomic E-state index is 13.6. The van der Waals surface area contributed by atoms with Crippen LogP contribution in [0.1, 0.15) is 76.3 Å². The van der Waals surface area contributed by atoms with Gasteiger partial charge in [-0.05, 0) is 44.2 Å². The number of hydrogen-bond donors (Lipinski definition) is 2. The van der Waals surface area contributed by atoms with Crippen molar-refractivity contribution in [3.63, 3.8) is 0 Å². The number of sulfonamides is 1. The molecule has 3 aliphatic rings. The predicted molar refractivity (Wildman–Crippen MR) is 156 cm³/mol. The van der Waals surface area contributed by atoms with Crippen LogP contribution < -0.4 is 16.7 Å². The number of alkyl carbamates (subject to hydrolysis) is 1. The number of amides is 1. The van der Waals surface area contributed by atoms with Gasteiger partial charge < -0.3 is 15.2 Å². The SMILES string of the molecule is CCCCCCn1c(=O)n2n(c1=O)[C@@H]1CN(S(=O)(=O)c3ccc(C)cc3)C[C@]1(O)[C@@H](OC(=O)NCC1CCCCC1)C2. The third-order valence-electron chi connectivity index (χ3n) is 9.12. The molecule has 0 spiro atoms. The molecule has 1 aromatic carbocycles. The molecule has 5 rings (SSSR count).